The van der Waals surface area contributed by atoms with Gasteiger partial charge >= 0.3 is 0 Å². The van der Waals surface area contributed by atoms with Gasteiger partial charge in [-0.2, -0.15) is 0 Å². The Hall–Kier alpha value is -3.02. The number of hydrogen-bond donors (Lipinski definition) is 3. The van der Waals surface area contributed by atoms with Gasteiger partial charge in [0.15, 0.2) is 5.76 Å². The molecule has 0 saturated carbocycles. The number of carbonyl (C=O) groups is 1. The van der Waals surface area contributed by atoms with Gasteiger partial charge in [0.05, 0.1) is 5.56 Å². The molecule has 0 fully saturated rings. The van der Waals surface area contributed by atoms with Crippen LogP contribution in [0, 0.1) is 5.41 Å². The van der Waals surface area contributed by atoms with Crippen molar-refractivity contribution < 1.29 is 19.6 Å². The van der Waals surface area contributed by atoms with Crippen molar-refractivity contribution in [1.29, 1.82) is 5.41 Å². The maximum atomic E-state index is 10.9. The molecule has 1 heterocycles. The lowest BCUT2D eigenvalue weighted by atomic mass is 10.1. The molecule has 126 valence electrons. The van der Waals surface area contributed by atoms with E-state index in [-0.39, 0.29) is 12.3 Å². The summed E-state index contributed by atoms with van der Waals surface area (Å²) in [6.07, 6.45) is 0.836. The van der Waals surface area contributed by atoms with Gasteiger partial charge in [-0.05, 0) is 30.3 Å². The summed E-state index contributed by atoms with van der Waals surface area (Å²) in [5, 5.41) is 19.6. The molecule has 0 aliphatic rings. The highest BCUT2D eigenvalue weighted by Gasteiger charge is 2.15. The minimum absolute atomic E-state index is 0.186. The molecule has 1 aromatic heterocycles. The Kier molecular flexibility index (Phi) is 5.18. The van der Waals surface area contributed by atoms with Crippen molar-refractivity contribution in [3.8, 4) is 0 Å². The number of para-hydroxylation sites is 1. The van der Waals surface area contributed by atoms with E-state index in [0.717, 1.165) is 23.1 Å². The Morgan fingerprint density at radius 2 is 1.96 bits per heavy atom. The van der Waals surface area contributed by atoms with Crippen molar-refractivity contribution in [2.75, 3.05) is 0 Å². The van der Waals surface area contributed by atoms with Gasteiger partial charge < -0.3 is 14.8 Å². The van der Waals surface area contributed by atoms with Crippen LogP contribution in [0.3, 0.4) is 0 Å². The number of nitrogens with two attached hydrogens (primary N) is 1. The van der Waals surface area contributed by atoms with E-state index >= 15 is 0 Å². The molecule has 2 aromatic carbocycles. The van der Waals surface area contributed by atoms with Crippen molar-refractivity contribution in [2.24, 2.45) is 0 Å². The first kappa shape index (κ1) is 16.8. The van der Waals surface area contributed by atoms with Gasteiger partial charge in [-0.3, -0.25) is 10.2 Å². The van der Waals surface area contributed by atoms with E-state index in [1.807, 2.05) is 47.8 Å². The highest BCUT2D eigenvalue weighted by atomic mass is 16.4. The molecule has 25 heavy (non-hydrogen) atoms. The van der Waals surface area contributed by atoms with Crippen LogP contribution in [0.2, 0.25) is 0 Å². The zero-order valence-corrected chi connectivity index (χ0v) is 13.6. The number of aldehydes is 1. The molecular weight excluding hydrogens is 316 g/mol. The number of furan rings is 1. The number of quaternary nitrogens is 1. The Bertz CT molecular complexity index is 899. The molecule has 0 bridgehead atoms. The maximum Gasteiger partial charge on any atom is 0.152 e. The quantitative estimate of drug-likeness (QED) is 0.352. The first-order chi connectivity index (χ1) is 12.2. The Morgan fingerprint density at radius 3 is 2.72 bits per heavy atom. The second-order valence-corrected chi connectivity index (χ2v) is 5.66. The highest BCUT2D eigenvalue weighted by molar-refractivity contribution is 6.11. The molecule has 0 radical (unpaired) electrons. The third-order valence-corrected chi connectivity index (χ3v) is 3.94. The molecule has 5 heteroatoms. The summed E-state index contributed by atoms with van der Waals surface area (Å²) in [4.78, 5) is 10.9. The Labute approximate surface area is 145 Å². The molecule has 0 aliphatic heterocycles. The first-order valence-corrected chi connectivity index (χ1v) is 7.96. The number of rotatable bonds is 7. The monoisotopic (exact) mass is 335 g/mol. The van der Waals surface area contributed by atoms with Crippen LogP contribution in [0.5, 0.6) is 0 Å². The van der Waals surface area contributed by atoms with Crippen LogP contribution >= 0.6 is 0 Å². The second kappa shape index (κ2) is 7.70. The average Bonchev–Trinajstić information content (AvgIpc) is 3.15. The normalized spacial score (nSPS) is 10.6. The lowest BCUT2D eigenvalue weighted by Gasteiger charge is -2.08. The van der Waals surface area contributed by atoms with E-state index in [0.29, 0.717) is 23.6 Å². The van der Waals surface area contributed by atoms with Crippen LogP contribution in [0.4, 0.5) is 5.69 Å². The van der Waals surface area contributed by atoms with Crippen LogP contribution in [0.15, 0.2) is 65.1 Å². The van der Waals surface area contributed by atoms with E-state index in [9.17, 15) is 4.79 Å². The lowest BCUT2D eigenvalue weighted by Crippen LogP contribution is -2.76. The highest BCUT2D eigenvalue weighted by Crippen LogP contribution is 2.18. The molecule has 0 atom stereocenters. The minimum Gasteiger partial charge on any atom is -0.457 e. The molecule has 0 aliphatic carbocycles. The van der Waals surface area contributed by atoms with Gasteiger partial charge in [0.1, 0.15) is 36.6 Å². The summed E-state index contributed by atoms with van der Waals surface area (Å²) in [6.45, 7) is 0.472. The third-order valence-electron chi connectivity index (χ3n) is 3.94. The fraction of sp³-hybridized carbons (Fsp3) is 0.100. The van der Waals surface area contributed by atoms with Gasteiger partial charge in [0.2, 0.25) is 0 Å². The molecule has 0 unspecified atom stereocenters. The predicted molar refractivity (Wildman–Crippen MR) is 94.1 cm³/mol. The van der Waals surface area contributed by atoms with E-state index in [2.05, 4.69) is 0 Å². The number of aliphatic hydroxyl groups is 1. The number of carbonyl (C=O) groups excluding carboxylic acids is 1. The largest absolute Gasteiger partial charge is 0.457 e. The molecule has 3 aromatic rings. The summed E-state index contributed by atoms with van der Waals surface area (Å²) in [5.74, 6) is 0.861. The van der Waals surface area contributed by atoms with Crippen LogP contribution in [0.25, 0.3) is 0 Å². The summed E-state index contributed by atoms with van der Waals surface area (Å²) < 4.78 is 5.47. The predicted octanol–water partition coefficient (Wildman–Crippen LogP) is 2.40. The van der Waals surface area contributed by atoms with Gasteiger partial charge in [-0.25, -0.2) is 0 Å². The van der Waals surface area contributed by atoms with Crippen molar-refractivity contribution in [3.63, 3.8) is 0 Å². The average molecular weight is 335 g/mol. The van der Waals surface area contributed by atoms with Gasteiger partial charge in [0, 0.05) is 11.1 Å². The van der Waals surface area contributed by atoms with Gasteiger partial charge in [-0.1, -0.05) is 30.3 Å². The van der Waals surface area contributed by atoms with E-state index < -0.39 is 0 Å². The van der Waals surface area contributed by atoms with Crippen LogP contribution < -0.4 is 5.32 Å². The summed E-state index contributed by atoms with van der Waals surface area (Å²) in [5.41, 5.74) is 3.64. The second-order valence-electron chi connectivity index (χ2n) is 5.66. The molecule has 5 nitrogen and oxygen atoms in total. The molecule has 3 rings (SSSR count). The third kappa shape index (κ3) is 3.91. The lowest BCUT2D eigenvalue weighted by molar-refractivity contribution is -0.588. The van der Waals surface area contributed by atoms with Crippen molar-refractivity contribution >= 4 is 17.7 Å². The minimum atomic E-state index is -0.186. The number of aliphatic hydroxyl groups excluding tert-OH is 1. The summed E-state index contributed by atoms with van der Waals surface area (Å²) in [6, 6.07) is 18.4. The molecule has 0 spiro atoms. The van der Waals surface area contributed by atoms with Gasteiger partial charge in [-0.15, -0.1) is 0 Å². The Morgan fingerprint density at radius 1 is 1.12 bits per heavy atom. The topological polar surface area (TPSA) is 90.9 Å². The zero-order valence-electron chi connectivity index (χ0n) is 13.6. The van der Waals surface area contributed by atoms with Crippen LogP contribution in [0.1, 0.15) is 33.0 Å². The van der Waals surface area contributed by atoms with Crippen molar-refractivity contribution in [1.82, 2.24) is 0 Å². The zero-order chi connectivity index (χ0) is 17.6. The van der Waals surface area contributed by atoms with Crippen LogP contribution in [-0.4, -0.2) is 17.1 Å². The van der Waals surface area contributed by atoms with Crippen molar-refractivity contribution in [3.05, 3.63) is 88.9 Å². The molecule has 0 amide bonds. The van der Waals surface area contributed by atoms with E-state index in [1.54, 1.807) is 18.2 Å². The first-order valence-electron chi connectivity index (χ1n) is 7.96. The molecule has 0 saturated heterocycles. The number of hydrogen-bond acceptors (Lipinski definition) is 4. The molecular formula is C20H19N2O3+. The smallest absolute Gasteiger partial charge is 0.152 e. The number of nitrogens with one attached hydrogen (secondary N) is 1. The Balaban J connectivity index is 1.80. The maximum absolute atomic E-state index is 10.9. The fourth-order valence-corrected chi connectivity index (χ4v) is 2.65. The SMILES string of the molecule is N=C(c1ccc(CO)o1)c1ccccc1[NH2+]Cc1cccc(C=O)c1. The number of benzene rings is 2. The van der Waals surface area contributed by atoms with E-state index in [1.165, 1.54) is 0 Å². The van der Waals surface area contributed by atoms with Gasteiger partial charge in [0.25, 0.3) is 0 Å². The standard InChI is InChI=1S/C20H18N2O3/c21-20(19-9-8-16(13-24)25-19)17-6-1-2-7-18(17)22-11-14-4-3-5-15(10-14)12-23/h1-10,12,21-22,24H,11,13H2/p+1. The van der Waals surface area contributed by atoms with Crippen molar-refractivity contribution in [2.45, 2.75) is 13.2 Å². The summed E-state index contributed by atoms with van der Waals surface area (Å²) >= 11 is 0. The van der Waals surface area contributed by atoms with E-state index in [4.69, 9.17) is 14.9 Å². The summed E-state index contributed by atoms with van der Waals surface area (Å²) in [7, 11) is 0. The fourth-order valence-electron chi connectivity index (χ4n) is 2.65. The molecule has 4 N–H and O–H groups in total. The van der Waals surface area contributed by atoms with Crippen LogP contribution in [-0.2, 0) is 13.2 Å².